The molecule has 0 amide bonds. The highest BCUT2D eigenvalue weighted by Gasteiger charge is 2.06. The van der Waals surface area contributed by atoms with Crippen LogP contribution in [-0.2, 0) is 11.3 Å². The van der Waals surface area contributed by atoms with Crippen LogP contribution in [0.2, 0.25) is 10.2 Å². The van der Waals surface area contributed by atoms with Crippen LogP contribution in [0, 0.1) is 0 Å². The number of ether oxygens (including phenoxy) is 1. The molecular weight excluding hydrogens is 235 g/mol. The van der Waals surface area contributed by atoms with E-state index in [1.807, 2.05) is 7.05 Å². The fourth-order valence-corrected chi connectivity index (χ4v) is 1.48. The fraction of sp³-hybridized carbons (Fsp3) is 0.500. The number of nitrogens with zero attached hydrogens (tertiary/aromatic N) is 2. The molecule has 0 saturated heterocycles. The predicted molar refractivity (Wildman–Crippen MR) is 62.5 cm³/mol. The van der Waals surface area contributed by atoms with Crippen LogP contribution in [0.5, 0.6) is 0 Å². The minimum absolute atomic E-state index is 0.467. The summed E-state index contributed by atoms with van der Waals surface area (Å²) in [6, 6.07) is 3.44. The Bertz CT molecular complexity index is 320. The molecule has 1 heterocycles. The van der Waals surface area contributed by atoms with Gasteiger partial charge in [-0.15, -0.1) is 0 Å². The highest BCUT2D eigenvalue weighted by Crippen LogP contribution is 2.17. The molecule has 0 aliphatic heterocycles. The van der Waals surface area contributed by atoms with Crippen molar-refractivity contribution in [2.24, 2.45) is 0 Å². The average molecular weight is 249 g/mol. The highest BCUT2D eigenvalue weighted by molar-refractivity contribution is 6.32. The number of halogens is 2. The lowest BCUT2D eigenvalue weighted by atomic mass is 10.3. The van der Waals surface area contributed by atoms with Gasteiger partial charge in [-0.1, -0.05) is 23.2 Å². The van der Waals surface area contributed by atoms with Gasteiger partial charge in [-0.25, -0.2) is 4.98 Å². The van der Waals surface area contributed by atoms with E-state index in [4.69, 9.17) is 27.9 Å². The quantitative estimate of drug-likeness (QED) is 0.749. The van der Waals surface area contributed by atoms with E-state index in [0.717, 1.165) is 12.2 Å². The van der Waals surface area contributed by atoms with E-state index < -0.39 is 0 Å². The Kier molecular flexibility index (Phi) is 5.32. The van der Waals surface area contributed by atoms with Crippen molar-refractivity contribution in [1.29, 1.82) is 0 Å². The van der Waals surface area contributed by atoms with E-state index in [9.17, 15) is 0 Å². The predicted octanol–water partition coefficient (Wildman–Crippen LogP) is 2.47. The number of aromatic nitrogens is 1. The molecule has 0 saturated carbocycles. The smallest absolute Gasteiger partial charge is 0.129 e. The Hall–Kier alpha value is -0.350. The van der Waals surface area contributed by atoms with Gasteiger partial charge in [0.25, 0.3) is 0 Å². The summed E-state index contributed by atoms with van der Waals surface area (Å²) in [4.78, 5) is 6.25. The molecule has 0 aliphatic carbocycles. The minimum atomic E-state index is 0.467. The number of hydrogen-bond acceptors (Lipinski definition) is 3. The van der Waals surface area contributed by atoms with Crippen LogP contribution in [0.1, 0.15) is 5.69 Å². The summed E-state index contributed by atoms with van der Waals surface area (Å²) in [5, 5.41) is 1.11. The largest absolute Gasteiger partial charge is 0.383 e. The average Bonchev–Trinajstić information content (AvgIpc) is 2.20. The first-order chi connectivity index (χ1) is 7.13. The van der Waals surface area contributed by atoms with Crippen LogP contribution < -0.4 is 0 Å². The second kappa shape index (κ2) is 6.28. The van der Waals surface area contributed by atoms with Crippen molar-refractivity contribution in [3.8, 4) is 0 Å². The molecule has 1 aromatic heterocycles. The maximum absolute atomic E-state index is 6.00. The van der Waals surface area contributed by atoms with Crippen LogP contribution in [0.15, 0.2) is 12.1 Å². The van der Waals surface area contributed by atoms with Gasteiger partial charge in [-0.2, -0.15) is 0 Å². The second-order valence-corrected chi connectivity index (χ2v) is 4.09. The molecule has 0 N–H and O–H groups in total. The highest BCUT2D eigenvalue weighted by atomic mass is 35.5. The maximum atomic E-state index is 6.00. The molecule has 15 heavy (non-hydrogen) atoms. The first-order valence-corrected chi connectivity index (χ1v) is 5.37. The lowest BCUT2D eigenvalue weighted by Crippen LogP contribution is -2.23. The first kappa shape index (κ1) is 12.7. The summed E-state index contributed by atoms with van der Waals surface area (Å²) in [7, 11) is 3.66. The Morgan fingerprint density at radius 1 is 1.40 bits per heavy atom. The summed E-state index contributed by atoms with van der Waals surface area (Å²) in [5.41, 5.74) is 0.794. The zero-order valence-corrected chi connectivity index (χ0v) is 10.3. The van der Waals surface area contributed by atoms with Gasteiger partial charge in [0, 0.05) is 20.2 Å². The SMILES string of the molecule is COCCN(C)Cc1nc(Cl)ccc1Cl. The molecule has 1 rings (SSSR count). The van der Waals surface area contributed by atoms with Gasteiger partial charge in [0.1, 0.15) is 5.15 Å². The van der Waals surface area contributed by atoms with Crippen LogP contribution >= 0.6 is 23.2 Å². The van der Waals surface area contributed by atoms with E-state index in [1.165, 1.54) is 0 Å². The Labute approximate surface area is 100.0 Å². The summed E-state index contributed by atoms with van der Waals surface area (Å²) in [6.07, 6.45) is 0. The van der Waals surface area contributed by atoms with Crippen molar-refractivity contribution >= 4 is 23.2 Å². The van der Waals surface area contributed by atoms with Crippen LogP contribution in [0.4, 0.5) is 0 Å². The molecule has 3 nitrogen and oxygen atoms in total. The zero-order chi connectivity index (χ0) is 11.3. The molecule has 84 valence electrons. The molecule has 0 unspecified atom stereocenters. The van der Waals surface area contributed by atoms with Gasteiger partial charge in [0.2, 0.25) is 0 Å². The Morgan fingerprint density at radius 3 is 2.80 bits per heavy atom. The van der Waals surface area contributed by atoms with Gasteiger partial charge in [0.05, 0.1) is 17.3 Å². The second-order valence-electron chi connectivity index (χ2n) is 3.29. The number of pyridine rings is 1. The fourth-order valence-electron chi connectivity index (χ4n) is 1.15. The number of methoxy groups -OCH3 is 1. The molecule has 0 fully saturated rings. The van der Waals surface area contributed by atoms with Gasteiger partial charge in [-0.05, 0) is 19.2 Å². The molecule has 0 radical (unpaired) electrons. The van der Waals surface area contributed by atoms with Gasteiger partial charge >= 0.3 is 0 Å². The van der Waals surface area contributed by atoms with Crippen molar-refractivity contribution in [3.05, 3.63) is 28.0 Å². The molecule has 0 spiro atoms. The Balaban J connectivity index is 2.59. The van der Waals surface area contributed by atoms with Gasteiger partial charge in [0.15, 0.2) is 0 Å². The molecule has 5 heteroatoms. The van der Waals surface area contributed by atoms with Crippen LogP contribution in [0.3, 0.4) is 0 Å². The lowest BCUT2D eigenvalue weighted by Gasteiger charge is -2.16. The number of hydrogen-bond donors (Lipinski definition) is 0. The summed E-state index contributed by atoms with van der Waals surface area (Å²) in [5.74, 6) is 0. The molecule has 0 aliphatic rings. The van der Waals surface area contributed by atoms with Crippen molar-refractivity contribution in [2.45, 2.75) is 6.54 Å². The van der Waals surface area contributed by atoms with Crippen molar-refractivity contribution in [3.63, 3.8) is 0 Å². The first-order valence-electron chi connectivity index (χ1n) is 4.62. The monoisotopic (exact) mass is 248 g/mol. The standard InChI is InChI=1S/C10H14Cl2N2O/c1-14(5-6-15-2)7-9-8(11)3-4-10(12)13-9/h3-4H,5-7H2,1-2H3. The maximum Gasteiger partial charge on any atom is 0.129 e. The molecule has 0 aromatic carbocycles. The lowest BCUT2D eigenvalue weighted by molar-refractivity contribution is 0.158. The van der Waals surface area contributed by atoms with E-state index in [2.05, 4.69) is 9.88 Å². The van der Waals surface area contributed by atoms with Gasteiger partial charge < -0.3 is 4.74 Å². The van der Waals surface area contributed by atoms with E-state index >= 15 is 0 Å². The van der Waals surface area contributed by atoms with E-state index in [-0.39, 0.29) is 0 Å². The third-order valence-corrected chi connectivity index (χ3v) is 2.54. The molecule has 1 aromatic rings. The summed E-state index contributed by atoms with van der Waals surface area (Å²) in [6.45, 7) is 2.19. The summed E-state index contributed by atoms with van der Waals surface area (Å²) < 4.78 is 4.98. The third kappa shape index (κ3) is 4.34. The van der Waals surface area contributed by atoms with Crippen molar-refractivity contribution in [1.82, 2.24) is 9.88 Å². The normalized spacial score (nSPS) is 11.0. The van der Waals surface area contributed by atoms with Crippen LogP contribution in [0.25, 0.3) is 0 Å². The minimum Gasteiger partial charge on any atom is -0.383 e. The Morgan fingerprint density at radius 2 is 2.13 bits per heavy atom. The number of rotatable bonds is 5. The van der Waals surface area contributed by atoms with Gasteiger partial charge in [-0.3, -0.25) is 4.90 Å². The molecular formula is C10H14Cl2N2O. The topological polar surface area (TPSA) is 25.4 Å². The number of likely N-dealkylation sites (N-methyl/N-ethyl adjacent to an activating group) is 1. The molecule has 0 atom stereocenters. The van der Waals surface area contributed by atoms with E-state index in [1.54, 1.807) is 19.2 Å². The van der Waals surface area contributed by atoms with Crippen molar-refractivity contribution < 1.29 is 4.74 Å². The molecule has 0 bridgehead atoms. The zero-order valence-electron chi connectivity index (χ0n) is 8.83. The third-order valence-electron chi connectivity index (χ3n) is 1.98. The van der Waals surface area contributed by atoms with Crippen molar-refractivity contribution in [2.75, 3.05) is 27.3 Å². The van der Waals surface area contributed by atoms with E-state index in [0.29, 0.717) is 23.3 Å². The van der Waals surface area contributed by atoms with Crippen LogP contribution in [-0.4, -0.2) is 37.2 Å². The summed E-state index contributed by atoms with van der Waals surface area (Å²) >= 11 is 11.8.